The summed E-state index contributed by atoms with van der Waals surface area (Å²) in [4.78, 5) is 4.54. The normalized spacial score (nSPS) is 11.1. The second-order valence-electron chi connectivity index (χ2n) is 3.78. The molecule has 2 aromatic heterocycles. The molecule has 0 amide bonds. The van der Waals surface area contributed by atoms with Crippen molar-refractivity contribution in [1.82, 2.24) is 9.38 Å². The van der Waals surface area contributed by atoms with E-state index in [1.54, 1.807) is 7.11 Å². The maximum Gasteiger partial charge on any atom is 0.137 e. The highest BCUT2D eigenvalue weighted by Crippen LogP contribution is 2.10. The van der Waals surface area contributed by atoms with Crippen molar-refractivity contribution in [2.24, 2.45) is 5.73 Å². The van der Waals surface area contributed by atoms with Crippen molar-refractivity contribution in [3.63, 3.8) is 0 Å². The molecule has 2 heterocycles. The van der Waals surface area contributed by atoms with Gasteiger partial charge in [-0.25, -0.2) is 4.98 Å². The Hall–Kier alpha value is -1.39. The van der Waals surface area contributed by atoms with Gasteiger partial charge in [0.05, 0.1) is 5.69 Å². The van der Waals surface area contributed by atoms with E-state index in [9.17, 15) is 0 Å². The fraction of sp³-hybridized carbons (Fsp3) is 0.417. The third-order valence-corrected chi connectivity index (χ3v) is 2.62. The van der Waals surface area contributed by atoms with E-state index in [1.807, 2.05) is 18.2 Å². The molecule has 0 bridgehead atoms. The van der Waals surface area contributed by atoms with Crippen LogP contribution in [0.5, 0.6) is 0 Å². The molecule has 2 N–H and O–H groups in total. The van der Waals surface area contributed by atoms with Crippen LogP contribution in [0.15, 0.2) is 24.4 Å². The van der Waals surface area contributed by atoms with E-state index in [0.29, 0.717) is 6.54 Å². The molecule has 4 nitrogen and oxygen atoms in total. The van der Waals surface area contributed by atoms with Crippen LogP contribution in [0.3, 0.4) is 0 Å². The lowest BCUT2D eigenvalue weighted by atomic mass is 10.2. The van der Waals surface area contributed by atoms with Crippen LogP contribution in [0.25, 0.3) is 5.65 Å². The Kier molecular flexibility index (Phi) is 3.54. The highest BCUT2D eigenvalue weighted by molar-refractivity contribution is 5.41. The first-order chi connectivity index (χ1) is 7.85. The summed E-state index contributed by atoms with van der Waals surface area (Å²) >= 11 is 0. The lowest BCUT2D eigenvalue weighted by Gasteiger charge is -2.00. The van der Waals surface area contributed by atoms with Crippen molar-refractivity contribution in [1.29, 1.82) is 0 Å². The molecule has 0 aliphatic rings. The van der Waals surface area contributed by atoms with Crippen LogP contribution in [-0.4, -0.2) is 23.1 Å². The largest absolute Gasteiger partial charge is 0.385 e. The van der Waals surface area contributed by atoms with Crippen molar-refractivity contribution >= 4 is 5.65 Å². The topological polar surface area (TPSA) is 52.5 Å². The van der Waals surface area contributed by atoms with Gasteiger partial charge in [0.25, 0.3) is 0 Å². The lowest BCUT2D eigenvalue weighted by molar-refractivity contribution is 0.195. The Labute approximate surface area is 95.0 Å². The molecule has 86 valence electrons. The summed E-state index contributed by atoms with van der Waals surface area (Å²) in [5.41, 5.74) is 8.83. The minimum atomic E-state index is 0.533. The molecular weight excluding hydrogens is 202 g/mol. The number of rotatable bonds is 5. The predicted molar refractivity (Wildman–Crippen MR) is 63.3 cm³/mol. The molecule has 0 atom stereocenters. The number of pyridine rings is 1. The van der Waals surface area contributed by atoms with Crippen molar-refractivity contribution < 1.29 is 4.74 Å². The standard InChI is InChI=1S/C12H17N3O/c1-16-7-3-4-10-9-15-11(8-13)5-2-6-12(15)14-10/h2,5-6,9H,3-4,7-8,13H2,1H3. The van der Waals surface area contributed by atoms with E-state index in [4.69, 9.17) is 10.5 Å². The van der Waals surface area contributed by atoms with Gasteiger partial charge in [-0.1, -0.05) is 6.07 Å². The molecule has 0 saturated heterocycles. The van der Waals surface area contributed by atoms with E-state index in [2.05, 4.69) is 15.6 Å². The zero-order valence-electron chi connectivity index (χ0n) is 9.52. The Morgan fingerprint density at radius 3 is 3.06 bits per heavy atom. The van der Waals surface area contributed by atoms with E-state index in [-0.39, 0.29) is 0 Å². The average Bonchev–Trinajstić information content (AvgIpc) is 2.71. The molecule has 2 aromatic rings. The highest BCUT2D eigenvalue weighted by Gasteiger charge is 2.03. The molecule has 0 radical (unpaired) electrons. The molecule has 0 unspecified atom stereocenters. The van der Waals surface area contributed by atoms with Crippen LogP contribution in [0, 0.1) is 0 Å². The van der Waals surface area contributed by atoms with Gasteiger partial charge in [0.1, 0.15) is 5.65 Å². The molecule has 0 saturated carbocycles. The third-order valence-electron chi connectivity index (χ3n) is 2.62. The number of nitrogens with two attached hydrogens (primary N) is 1. The van der Waals surface area contributed by atoms with Crippen LogP contribution in [0.2, 0.25) is 0 Å². The first-order valence-electron chi connectivity index (χ1n) is 5.50. The summed E-state index contributed by atoms with van der Waals surface area (Å²) < 4.78 is 7.09. The first kappa shape index (κ1) is 11.1. The molecular formula is C12H17N3O. The molecule has 0 aliphatic carbocycles. The smallest absolute Gasteiger partial charge is 0.137 e. The molecule has 4 heteroatoms. The zero-order valence-corrected chi connectivity index (χ0v) is 9.52. The van der Waals surface area contributed by atoms with Gasteiger partial charge in [0.2, 0.25) is 0 Å². The molecule has 0 spiro atoms. The maximum absolute atomic E-state index is 5.68. The molecule has 2 rings (SSSR count). The van der Waals surface area contributed by atoms with Crippen molar-refractivity contribution in [2.45, 2.75) is 19.4 Å². The predicted octanol–water partition coefficient (Wildman–Crippen LogP) is 1.37. The van der Waals surface area contributed by atoms with Crippen LogP contribution < -0.4 is 5.73 Å². The van der Waals surface area contributed by atoms with Gasteiger partial charge in [0.15, 0.2) is 0 Å². The first-order valence-corrected chi connectivity index (χ1v) is 5.50. The van der Waals surface area contributed by atoms with E-state index in [0.717, 1.165) is 36.5 Å². The lowest BCUT2D eigenvalue weighted by Crippen LogP contribution is -2.02. The van der Waals surface area contributed by atoms with Gasteiger partial charge in [-0.15, -0.1) is 0 Å². The number of ether oxygens (including phenoxy) is 1. The summed E-state index contributed by atoms with van der Waals surface area (Å²) in [6.45, 7) is 1.31. The van der Waals surface area contributed by atoms with Crippen molar-refractivity contribution in [3.05, 3.63) is 35.8 Å². The quantitative estimate of drug-likeness (QED) is 0.773. The monoisotopic (exact) mass is 219 g/mol. The Balaban J connectivity index is 2.22. The van der Waals surface area contributed by atoms with Gasteiger partial charge >= 0.3 is 0 Å². The summed E-state index contributed by atoms with van der Waals surface area (Å²) in [5, 5.41) is 0. The Morgan fingerprint density at radius 2 is 2.31 bits per heavy atom. The minimum Gasteiger partial charge on any atom is -0.385 e. The number of aromatic nitrogens is 2. The fourth-order valence-electron chi connectivity index (χ4n) is 1.80. The van der Waals surface area contributed by atoms with E-state index in [1.165, 1.54) is 0 Å². The summed E-state index contributed by atoms with van der Waals surface area (Å²) in [6.07, 6.45) is 4.01. The van der Waals surface area contributed by atoms with Crippen molar-refractivity contribution in [2.75, 3.05) is 13.7 Å². The summed E-state index contributed by atoms with van der Waals surface area (Å²) in [5.74, 6) is 0. The molecule has 0 aliphatic heterocycles. The van der Waals surface area contributed by atoms with Crippen LogP contribution in [0.4, 0.5) is 0 Å². The van der Waals surface area contributed by atoms with Gasteiger partial charge in [-0.05, 0) is 25.0 Å². The fourth-order valence-corrected chi connectivity index (χ4v) is 1.80. The number of imidazole rings is 1. The number of aryl methyl sites for hydroxylation is 1. The molecule has 16 heavy (non-hydrogen) atoms. The number of methoxy groups -OCH3 is 1. The van der Waals surface area contributed by atoms with Crippen LogP contribution in [0.1, 0.15) is 17.8 Å². The molecule has 0 fully saturated rings. The molecule has 0 aromatic carbocycles. The number of nitrogens with zero attached hydrogens (tertiary/aromatic N) is 2. The van der Waals surface area contributed by atoms with Crippen LogP contribution >= 0.6 is 0 Å². The Morgan fingerprint density at radius 1 is 1.44 bits per heavy atom. The second kappa shape index (κ2) is 5.09. The SMILES string of the molecule is COCCCc1cn2c(CN)cccc2n1. The van der Waals surface area contributed by atoms with Crippen molar-refractivity contribution in [3.8, 4) is 0 Å². The van der Waals surface area contributed by atoms with E-state index < -0.39 is 0 Å². The third kappa shape index (κ3) is 2.23. The highest BCUT2D eigenvalue weighted by atomic mass is 16.5. The van der Waals surface area contributed by atoms with E-state index >= 15 is 0 Å². The van der Waals surface area contributed by atoms with Gasteiger partial charge in [-0.3, -0.25) is 0 Å². The summed E-state index contributed by atoms with van der Waals surface area (Å²) in [7, 11) is 1.72. The van der Waals surface area contributed by atoms with Gasteiger partial charge in [0, 0.05) is 32.2 Å². The second-order valence-corrected chi connectivity index (χ2v) is 3.78. The van der Waals surface area contributed by atoms with Gasteiger partial charge in [-0.2, -0.15) is 0 Å². The Bertz CT molecular complexity index is 464. The van der Waals surface area contributed by atoms with Crippen LogP contribution in [-0.2, 0) is 17.7 Å². The maximum atomic E-state index is 5.68. The number of hydrogen-bond acceptors (Lipinski definition) is 3. The minimum absolute atomic E-state index is 0.533. The average molecular weight is 219 g/mol. The number of hydrogen-bond donors (Lipinski definition) is 1. The number of fused-ring (bicyclic) bond motifs is 1. The zero-order chi connectivity index (χ0) is 11.4. The summed E-state index contributed by atoms with van der Waals surface area (Å²) in [6, 6.07) is 6.01. The van der Waals surface area contributed by atoms with Gasteiger partial charge < -0.3 is 14.9 Å².